The largest absolute Gasteiger partial charge is 0.382 e. The third-order valence-electron chi connectivity index (χ3n) is 2.29. The molecule has 1 aromatic rings. The summed E-state index contributed by atoms with van der Waals surface area (Å²) < 4.78 is 5.19. The van der Waals surface area contributed by atoms with Crippen molar-refractivity contribution in [1.29, 1.82) is 0 Å². The second kappa shape index (κ2) is 9.09. The number of hydrogen-bond acceptors (Lipinski definition) is 4. The SMILES string of the molecule is CCOCCCNC(=O)c1cncc(C#CCN)c1. The Labute approximate surface area is 113 Å². The Hall–Kier alpha value is -1.90. The minimum absolute atomic E-state index is 0.152. The third kappa shape index (κ3) is 6.00. The van der Waals surface area contributed by atoms with Gasteiger partial charge in [0.1, 0.15) is 0 Å². The second-order valence-electron chi connectivity index (χ2n) is 3.77. The molecular formula is C14H19N3O2. The summed E-state index contributed by atoms with van der Waals surface area (Å²) in [5.41, 5.74) is 6.48. The van der Waals surface area contributed by atoms with Gasteiger partial charge in [-0.1, -0.05) is 11.8 Å². The van der Waals surface area contributed by atoms with Crippen molar-refractivity contribution < 1.29 is 9.53 Å². The summed E-state index contributed by atoms with van der Waals surface area (Å²) in [7, 11) is 0. The van der Waals surface area contributed by atoms with Gasteiger partial charge in [-0.15, -0.1) is 0 Å². The summed E-state index contributed by atoms with van der Waals surface area (Å²) in [6, 6.07) is 1.70. The van der Waals surface area contributed by atoms with E-state index in [1.165, 1.54) is 6.20 Å². The lowest BCUT2D eigenvalue weighted by Gasteiger charge is -2.05. The van der Waals surface area contributed by atoms with Crippen LogP contribution >= 0.6 is 0 Å². The number of nitrogens with one attached hydrogen (secondary N) is 1. The number of carbonyl (C=O) groups excluding carboxylic acids is 1. The van der Waals surface area contributed by atoms with Gasteiger partial charge in [-0.3, -0.25) is 9.78 Å². The van der Waals surface area contributed by atoms with E-state index in [4.69, 9.17) is 10.5 Å². The quantitative estimate of drug-likeness (QED) is 0.579. The minimum atomic E-state index is -0.152. The lowest BCUT2D eigenvalue weighted by Crippen LogP contribution is -2.25. The van der Waals surface area contributed by atoms with E-state index in [0.29, 0.717) is 30.9 Å². The van der Waals surface area contributed by atoms with E-state index in [9.17, 15) is 4.79 Å². The van der Waals surface area contributed by atoms with E-state index >= 15 is 0 Å². The van der Waals surface area contributed by atoms with Gasteiger partial charge in [0.15, 0.2) is 0 Å². The van der Waals surface area contributed by atoms with E-state index in [1.54, 1.807) is 12.3 Å². The Morgan fingerprint density at radius 1 is 1.53 bits per heavy atom. The highest BCUT2D eigenvalue weighted by Gasteiger charge is 2.05. The summed E-state index contributed by atoms with van der Waals surface area (Å²) in [6.07, 6.45) is 3.92. The summed E-state index contributed by atoms with van der Waals surface area (Å²) in [6.45, 7) is 4.15. The number of amides is 1. The van der Waals surface area contributed by atoms with Crippen LogP contribution in [0.25, 0.3) is 0 Å². The first-order valence-electron chi connectivity index (χ1n) is 6.28. The van der Waals surface area contributed by atoms with Crippen LogP contribution in [0.1, 0.15) is 29.3 Å². The Bertz CT molecular complexity index is 463. The first kappa shape index (κ1) is 15.2. The molecule has 1 heterocycles. The molecule has 19 heavy (non-hydrogen) atoms. The highest BCUT2D eigenvalue weighted by molar-refractivity contribution is 5.94. The normalized spacial score (nSPS) is 9.58. The molecule has 0 unspecified atom stereocenters. The predicted molar refractivity (Wildman–Crippen MR) is 73.6 cm³/mol. The van der Waals surface area contributed by atoms with Crippen molar-refractivity contribution in [1.82, 2.24) is 10.3 Å². The van der Waals surface area contributed by atoms with Crippen LogP contribution in [-0.2, 0) is 4.74 Å². The van der Waals surface area contributed by atoms with Crippen LogP contribution in [0.4, 0.5) is 0 Å². The maximum Gasteiger partial charge on any atom is 0.252 e. The van der Waals surface area contributed by atoms with Crippen molar-refractivity contribution in [3.8, 4) is 11.8 Å². The first-order chi connectivity index (χ1) is 9.27. The van der Waals surface area contributed by atoms with Gasteiger partial charge in [-0.2, -0.15) is 0 Å². The predicted octanol–water partition coefficient (Wildman–Crippen LogP) is 0.548. The molecule has 1 amide bonds. The van der Waals surface area contributed by atoms with E-state index < -0.39 is 0 Å². The van der Waals surface area contributed by atoms with Crippen molar-refractivity contribution in [2.24, 2.45) is 5.73 Å². The lowest BCUT2D eigenvalue weighted by atomic mass is 10.2. The molecule has 1 aromatic heterocycles. The molecule has 0 aliphatic carbocycles. The zero-order valence-corrected chi connectivity index (χ0v) is 11.1. The van der Waals surface area contributed by atoms with Crippen molar-refractivity contribution >= 4 is 5.91 Å². The monoisotopic (exact) mass is 261 g/mol. The van der Waals surface area contributed by atoms with E-state index in [1.807, 2.05) is 6.92 Å². The van der Waals surface area contributed by atoms with Crippen LogP contribution in [0.15, 0.2) is 18.5 Å². The van der Waals surface area contributed by atoms with Gasteiger partial charge in [0.2, 0.25) is 0 Å². The van der Waals surface area contributed by atoms with Gasteiger partial charge in [0.25, 0.3) is 5.91 Å². The first-order valence-corrected chi connectivity index (χ1v) is 6.28. The smallest absolute Gasteiger partial charge is 0.252 e. The van der Waals surface area contributed by atoms with Crippen LogP contribution < -0.4 is 11.1 Å². The fraction of sp³-hybridized carbons (Fsp3) is 0.429. The Morgan fingerprint density at radius 3 is 3.11 bits per heavy atom. The second-order valence-corrected chi connectivity index (χ2v) is 3.77. The van der Waals surface area contributed by atoms with Gasteiger partial charge in [-0.05, 0) is 19.4 Å². The van der Waals surface area contributed by atoms with Crippen LogP contribution in [0.5, 0.6) is 0 Å². The number of carbonyl (C=O) groups is 1. The molecule has 102 valence electrons. The molecule has 0 aliphatic rings. The van der Waals surface area contributed by atoms with Crippen LogP contribution in [-0.4, -0.2) is 37.2 Å². The van der Waals surface area contributed by atoms with E-state index in [-0.39, 0.29) is 12.5 Å². The minimum Gasteiger partial charge on any atom is -0.382 e. The van der Waals surface area contributed by atoms with Gasteiger partial charge < -0.3 is 15.8 Å². The molecule has 5 nitrogen and oxygen atoms in total. The molecule has 0 spiro atoms. The van der Waals surface area contributed by atoms with Gasteiger partial charge in [-0.25, -0.2) is 0 Å². The molecule has 0 saturated heterocycles. The average molecular weight is 261 g/mol. The lowest BCUT2D eigenvalue weighted by molar-refractivity contribution is 0.0944. The number of nitrogens with zero attached hydrogens (tertiary/aromatic N) is 1. The molecular weight excluding hydrogens is 242 g/mol. The molecule has 0 fully saturated rings. The fourth-order valence-electron chi connectivity index (χ4n) is 1.41. The number of aromatic nitrogens is 1. The van der Waals surface area contributed by atoms with Gasteiger partial charge in [0, 0.05) is 37.7 Å². The van der Waals surface area contributed by atoms with Crippen molar-refractivity contribution in [2.45, 2.75) is 13.3 Å². The van der Waals surface area contributed by atoms with Crippen LogP contribution in [0, 0.1) is 11.8 Å². The van der Waals surface area contributed by atoms with Crippen LogP contribution in [0.2, 0.25) is 0 Å². The number of rotatable bonds is 6. The number of nitrogens with two attached hydrogens (primary N) is 1. The maximum atomic E-state index is 11.8. The Balaban J connectivity index is 2.48. The Kier molecular flexibility index (Phi) is 7.25. The zero-order valence-electron chi connectivity index (χ0n) is 11.1. The molecule has 0 saturated carbocycles. The third-order valence-corrected chi connectivity index (χ3v) is 2.29. The average Bonchev–Trinajstić information content (AvgIpc) is 2.45. The fourth-order valence-corrected chi connectivity index (χ4v) is 1.41. The summed E-state index contributed by atoms with van der Waals surface area (Å²) in [5, 5.41) is 2.81. The van der Waals surface area contributed by atoms with Gasteiger partial charge >= 0.3 is 0 Å². The molecule has 5 heteroatoms. The molecule has 0 aromatic carbocycles. The molecule has 0 bridgehead atoms. The van der Waals surface area contributed by atoms with E-state index in [0.717, 1.165) is 6.42 Å². The molecule has 0 atom stereocenters. The summed E-state index contributed by atoms with van der Waals surface area (Å²) >= 11 is 0. The zero-order chi connectivity index (χ0) is 13.9. The molecule has 0 radical (unpaired) electrons. The summed E-state index contributed by atoms with van der Waals surface area (Å²) in [5.74, 6) is 5.42. The number of ether oxygens (including phenoxy) is 1. The maximum absolute atomic E-state index is 11.8. The number of hydrogen-bond donors (Lipinski definition) is 2. The standard InChI is InChI=1S/C14H19N3O2/c1-2-19-8-4-7-17-14(18)13-9-12(5-3-6-15)10-16-11-13/h9-11H,2,4,6-8,15H2,1H3,(H,17,18). The Morgan fingerprint density at radius 2 is 2.37 bits per heavy atom. The topological polar surface area (TPSA) is 77.2 Å². The van der Waals surface area contributed by atoms with Crippen molar-refractivity contribution in [3.05, 3.63) is 29.6 Å². The molecule has 0 aliphatic heterocycles. The highest BCUT2D eigenvalue weighted by atomic mass is 16.5. The van der Waals surface area contributed by atoms with Crippen molar-refractivity contribution in [2.75, 3.05) is 26.3 Å². The van der Waals surface area contributed by atoms with E-state index in [2.05, 4.69) is 22.1 Å². The molecule has 1 rings (SSSR count). The summed E-state index contributed by atoms with van der Waals surface area (Å²) in [4.78, 5) is 15.8. The molecule has 3 N–H and O–H groups in total. The van der Waals surface area contributed by atoms with Crippen LogP contribution in [0.3, 0.4) is 0 Å². The van der Waals surface area contributed by atoms with Gasteiger partial charge in [0.05, 0.1) is 12.1 Å². The number of pyridine rings is 1. The highest BCUT2D eigenvalue weighted by Crippen LogP contribution is 2.01. The van der Waals surface area contributed by atoms with Crippen molar-refractivity contribution in [3.63, 3.8) is 0 Å².